The first-order valence-electron chi connectivity index (χ1n) is 6.36. The summed E-state index contributed by atoms with van der Waals surface area (Å²) in [6.45, 7) is 3.96. The Morgan fingerprint density at radius 3 is 2.70 bits per heavy atom. The van der Waals surface area contributed by atoms with Gasteiger partial charge in [0.2, 0.25) is 12.3 Å². The van der Waals surface area contributed by atoms with E-state index in [4.69, 9.17) is 4.42 Å². The second kappa shape index (κ2) is 4.81. The molecule has 1 aromatic heterocycles. The van der Waals surface area contributed by atoms with Crippen molar-refractivity contribution in [1.29, 1.82) is 0 Å². The number of nitrogens with one attached hydrogen (secondary N) is 1. The summed E-state index contributed by atoms with van der Waals surface area (Å²) in [5.41, 5.74) is 5.25. The first kappa shape index (κ1) is 12.4. The van der Waals surface area contributed by atoms with Crippen LogP contribution in [-0.4, -0.2) is 11.4 Å². The number of amides is 1. The maximum absolute atomic E-state index is 10.5. The molecule has 0 bridgehead atoms. The van der Waals surface area contributed by atoms with Gasteiger partial charge in [0, 0.05) is 11.3 Å². The largest absolute Gasteiger partial charge is 0.436 e. The fraction of sp³-hybridized carbons (Fsp3) is 0.125. The molecule has 1 N–H and O–H groups in total. The number of rotatable bonds is 3. The smallest absolute Gasteiger partial charge is 0.227 e. The average molecular weight is 266 g/mol. The fourth-order valence-corrected chi connectivity index (χ4v) is 2.28. The lowest BCUT2D eigenvalue weighted by Gasteiger charge is -2.00. The highest BCUT2D eigenvalue weighted by Gasteiger charge is 2.12. The van der Waals surface area contributed by atoms with Crippen molar-refractivity contribution in [1.82, 2.24) is 4.98 Å². The molecule has 4 nitrogen and oxygen atoms in total. The van der Waals surface area contributed by atoms with Crippen LogP contribution in [0.2, 0.25) is 0 Å². The van der Waals surface area contributed by atoms with Crippen LogP contribution >= 0.6 is 0 Å². The third-order valence-corrected chi connectivity index (χ3v) is 3.28. The van der Waals surface area contributed by atoms with Gasteiger partial charge in [-0.1, -0.05) is 18.2 Å². The molecular formula is C16H14N2O2. The normalized spacial score (nSPS) is 10.7. The Balaban J connectivity index is 2.18. The number of hydrogen-bond acceptors (Lipinski definition) is 3. The summed E-state index contributed by atoms with van der Waals surface area (Å²) in [6.07, 6.45) is 0.656. The van der Waals surface area contributed by atoms with Crippen LogP contribution in [0.15, 0.2) is 40.8 Å². The molecule has 20 heavy (non-hydrogen) atoms. The molecule has 0 fully saturated rings. The van der Waals surface area contributed by atoms with E-state index in [0.717, 1.165) is 33.5 Å². The molecule has 3 rings (SSSR count). The van der Waals surface area contributed by atoms with E-state index in [-0.39, 0.29) is 0 Å². The quantitative estimate of drug-likeness (QED) is 0.736. The summed E-state index contributed by atoms with van der Waals surface area (Å²) < 4.78 is 5.87. The Labute approximate surface area is 116 Å². The van der Waals surface area contributed by atoms with Crippen LogP contribution in [0.5, 0.6) is 0 Å². The second-order valence-electron chi connectivity index (χ2n) is 4.74. The van der Waals surface area contributed by atoms with Crippen LogP contribution in [0.3, 0.4) is 0 Å². The Bertz CT molecular complexity index is 790. The van der Waals surface area contributed by atoms with Crippen LogP contribution in [-0.2, 0) is 4.79 Å². The van der Waals surface area contributed by atoms with Crippen LogP contribution in [0.1, 0.15) is 11.1 Å². The second-order valence-corrected chi connectivity index (χ2v) is 4.74. The van der Waals surface area contributed by atoms with Crippen molar-refractivity contribution in [3.05, 3.63) is 47.5 Å². The van der Waals surface area contributed by atoms with Crippen molar-refractivity contribution in [2.24, 2.45) is 0 Å². The molecule has 1 heterocycles. The van der Waals surface area contributed by atoms with E-state index >= 15 is 0 Å². The summed E-state index contributed by atoms with van der Waals surface area (Å²) in [6, 6.07) is 11.6. The molecule has 0 saturated carbocycles. The first-order chi connectivity index (χ1) is 9.69. The summed E-state index contributed by atoms with van der Waals surface area (Å²) in [4.78, 5) is 15.1. The van der Waals surface area contributed by atoms with E-state index in [9.17, 15) is 4.79 Å². The Morgan fingerprint density at radius 2 is 1.95 bits per heavy atom. The zero-order chi connectivity index (χ0) is 14.1. The Hall–Kier alpha value is -2.62. The van der Waals surface area contributed by atoms with E-state index in [1.54, 1.807) is 0 Å². The highest BCUT2D eigenvalue weighted by molar-refractivity contribution is 5.86. The molecule has 4 heteroatoms. The van der Waals surface area contributed by atoms with Gasteiger partial charge in [-0.2, -0.15) is 0 Å². The highest BCUT2D eigenvalue weighted by atomic mass is 16.3. The highest BCUT2D eigenvalue weighted by Crippen LogP contribution is 2.30. The molecule has 1 amide bonds. The molecule has 0 atom stereocenters. The number of oxazole rings is 1. The predicted octanol–water partition coefficient (Wildman–Crippen LogP) is 3.68. The molecular weight excluding hydrogens is 252 g/mol. The van der Waals surface area contributed by atoms with E-state index in [0.29, 0.717) is 12.3 Å². The zero-order valence-electron chi connectivity index (χ0n) is 11.3. The molecule has 0 aliphatic rings. The van der Waals surface area contributed by atoms with Crippen LogP contribution in [0, 0.1) is 13.8 Å². The predicted molar refractivity (Wildman–Crippen MR) is 78.6 cm³/mol. The molecule has 3 aromatic rings. The first-order valence-corrected chi connectivity index (χ1v) is 6.36. The van der Waals surface area contributed by atoms with E-state index in [2.05, 4.69) is 10.3 Å². The van der Waals surface area contributed by atoms with Crippen LogP contribution in [0.4, 0.5) is 5.69 Å². The van der Waals surface area contributed by atoms with Crippen molar-refractivity contribution in [3.63, 3.8) is 0 Å². The number of fused-ring (bicyclic) bond motifs is 1. The van der Waals surface area contributed by atoms with Crippen molar-refractivity contribution >= 4 is 23.2 Å². The number of anilines is 1. The van der Waals surface area contributed by atoms with Crippen molar-refractivity contribution in [2.45, 2.75) is 13.8 Å². The van der Waals surface area contributed by atoms with Gasteiger partial charge < -0.3 is 9.73 Å². The number of aromatic nitrogens is 1. The molecule has 0 aliphatic heterocycles. The SMILES string of the molecule is Cc1ccccc1-c1nc2cc(NC=O)cc(C)c2o1. The molecule has 2 aromatic carbocycles. The standard InChI is InChI=1S/C16H14N2O2/c1-10-5-3-4-6-13(10)16-18-14-8-12(17-9-19)7-11(2)15(14)20-16/h3-9H,1-2H3,(H,17,19). The van der Waals surface area contributed by atoms with Gasteiger partial charge in [0.25, 0.3) is 0 Å². The topological polar surface area (TPSA) is 55.1 Å². The van der Waals surface area contributed by atoms with E-state index in [1.807, 2.05) is 50.2 Å². The summed E-state index contributed by atoms with van der Waals surface area (Å²) in [5.74, 6) is 0.601. The number of nitrogens with zero attached hydrogens (tertiary/aromatic N) is 1. The van der Waals surface area contributed by atoms with Gasteiger partial charge in [-0.3, -0.25) is 4.79 Å². The van der Waals surface area contributed by atoms with Crippen molar-refractivity contribution < 1.29 is 9.21 Å². The lowest BCUT2D eigenvalue weighted by atomic mass is 10.1. The molecule has 0 radical (unpaired) electrons. The molecule has 100 valence electrons. The molecule has 0 saturated heterocycles. The van der Waals surface area contributed by atoms with Gasteiger partial charge in [-0.05, 0) is 43.2 Å². The van der Waals surface area contributed by atoms with Crippen LogP contribution < -0.4 is 5.32 Å². The average Bonchev–Trinajstić information content (AvgIpc) is 2.84. The number of carbonyl (C=O) groups is 1. The van der Waals surface area contributed by atoms with Gasteiger partial charge in [0.15, 0.2) is 5.58 Å². The maximum atomic E-state index is 10.5. The van der Waals surface area contributed by atoms with Gasteiger partial charge in [-0.25, -0.2) is 4.98 Å². The Morgan fingerprint density at radius 1 is 1.15 bits per heavy atom. The number of carbonyl (C=O) groups excluding carboxylic acids is 1. The van der Waals surface area contributed by atoms with Crippen LogP contribution in [0.25, 0.3) is 22.6 Å². The monoisotopic (exact) mass is 266 g/mol. The summed E-state index contributed by atoms with van der Waals surface area (Å²) in [7, 11) is 0. The Kier molecular flexibility index (Phi) is 2.99. The third-order valence-electron chi connectivity index (χ3n) is 3.28. The minimum Gasteiger partial charge on any atom is -0.436 e. The third kappa shape index (κ3) is 2.05. The minimum absolute atomic E-state index is 0.601. The maximum Gasteiger partial charge on any atom is 0.227 e. The molecule has 0 spiro atoms. The lowest BCUT2D eigenvalue weighted by Crippen LogP contribution is -1.93. The van der Waals surface area contributed by atoms with Crippen molar-refractivity contribution in [2.75, 3.05) is 5.32 Å². The fourth-order valence-electron chi connectivity index (χ4n) is 2.28. The van der Waals surface area contributed by atoms with Gasteiger partial charge in [0.05, 0.1) is 0 Å². The van der Waals surface area contributed by atoms with Gasteiger partial charge in [0.1, 0.15) is 5.52 Å². The van der Waals surface area contributed by atoms with Crippen molar-refractivity contribution in [3.8, 4) is 11.5 Å². The minimum atomic E-state index is 0.601. The summed E-state index contributed by atoms with van der Waals surface area (Å²) >= 11 is 0. The van der Waals surface area contributed by atoms with Gasteiger partial charge >= 0.3 is 0 Å². The molecule has 0 unspecified atom stereocenters. The number of aryl methyl sites for hydroxylation is 2. The van der Waals surface area contributed by atoms with Gasteiger partial charge in [-0.15, -0.1) is 0 Å². The number of hydrogen-bond donors (Lipinski definition) is 1. The van der Waals surface area contributed by atoms with E-state index in [1.165, 1.54) is 0 Å². The summed E-state index contributed by atoms with van der Waals surface area (Å²) in [5, 5.41) is 2.64. The number of benzene rings is 2. The lowest BCUT2D eigenvalue weighted by molar-refractivity contribution is -0.105. The van der Waals surface area contributed by atoms with E-state index < -0.39 is 0 Å². The molecule has 0 aliphatic carbocycles. The zero-order valence-corrected chi connectivity index (χ0v) is 11.3.